The van der Waals surface area contributed by atoms with Crippen LogP contribution in [0.4, 0.5) is 17.5 Å². The molecule has 3 N–H and O–H groups in total. The van der Waals surface area contributed by atoms with E-state index in [4.69, 9.17) is 9.72 Å². The Morgan fingerprint density at radius 1 is 1.09 bits per heavy atom. The molecule has 0 atom stereocenters. The molecule has 4 heterocycles. The van der Waals surface area contributed by atoms with Crippen LogP contribution in [0.25, 0.3) is 22.0 Å². The summed E-state index contributed by atoms with van der Waals surface area (Å²) in [6.07, 6.45) is 6.06. The fourth-order valence-electron chi connectivity index (χ4n) is 4.05. The molecule has 34 heavy (non-hydrogen) atoms. The predicted molar refractivity (Wildman–Crippen MR) is 134 cm³/mol. The summed E-state index contributed by atoms with van der Waals surface area (Å²) in [5.74, 6) is 1.03. The lowest BCUT2D eigenvalue weighted by atomic mass is 10.1. The zero-order valence-corrected chi connectivity index (χ0v) is 19.0. The third-order valence-corrected chi connectivity index (χ3v) is 5.96. The van der Waals surface area contributed by atoms with Gasteiger partial charge in [0.15, 0.2) is 0 Å². The van der Waals surface area contributed by atoms with Crippen LogP contribution in [0.1, 0.15) is 5.56 Å². The van der Waals surface area contributed by atoms with E-state index in [-0.39, 0.29) is 5.56 Å². The van der Waals surface area contributed by atoms with Gasteiger partial charge in [-0.3, -0.25) is 9.69 Å². The number of H-pyrrole nitrogens is 1. The van der Waals surface area contributed by atoms with E-state index in [1.165, 1.54) is 5.56 Å². The Morgan fingerprint density at radius 3 is 2.59 bits per heavy atom. The summed E-state index contributed by atoms with van der Waals surface area (Å²) in [7, 11) is 1.77. The Morgan fingerprint density at radius 2 is 1.85 bits per heavy atom. The van der Waals surface area contributed by atoms with Gasteiger partial charge in [-0.2, -0.15) is 0 Å². The summed E-state index contributed by atoms with van der Waals surface area (Å²) < 4.78 is 5.42. The SMILES string of the molecule is CNc1ncc(-c2cc3cc[nH]c(=O)c3c(Nc3ccc(CCN4CCOCC4)cc3)n2)cn1. The molecule has 0 radical (unpaired) electrons. The van der Waals surface area contributed by atoms with Crippen molar-refractivity contribution in [1.82, 2.24) is 24.8 Å². The number of nitrogens with zero attached hydrogens (tertiary/aromatic N) is 4. The molecule has 9 nitrogen and oxygen atoms in total. The van der Waals surface area contributed by atoms with Crippen LogP contribution in [-0.2, 0) is 11.2 Å². The van der Waals surface area contributed by atoms with Crippen molar-refractivity contribution in [1.29, 1.82) is 0 Å². The maximum absolute atomic E-state index is 12.6. The van der Waals surface area contributed by atoms with Crippen molar-refractivity contribution in [2.75, 3.05) is 50.5 Å². The number of rotatable bonds is 7. The Bertz CT molecular complexity index is 1310. The summed E-state index contributed by atoms with van der Waals surface area (Å²) in [5, 5.41) is 7.55. The lowest BCUT2D eigenvalue weighted by molar-refractivity contribution is 0.0384. The molecule has 3 aromatic heterocycles. The summed E-state index contributed by atoms with van der Waals surface area (Å²) in [4.78, 5) is 31.1. The fraction of sp³-hybridized carbons (Fsp3) is 0.280. The van der Waals surface area contributed by atoms with Gasteiger partial charge >= 0.3 is 0 Å². The first-order chi connectivity index (χ1) is 16.7. The molecule has 0 bridgehead atoms. The second-order valence-corrected chi connectivity index (χ2v) is 8.20. The highest BCUT2D eigenvalue weighted by molar-refractivity contribution is 5.95. The number of aromatic amines is 1. The molecule has 1 aliphatic heterocycles. The number of pyridine rings is 2. The summed E-state index contributed by atoms with van der Waals surface area (Å²) in [6, 6.07) is 12.0. The van der Waals surface area contributed by atoms with Gasteiger partial charge in [-0.15, -0.1) is 0 Å². The standard InChI is InChI=1S/C25H27N7O2/c1-26-25-28-15-19(16-29-25)21-14-18-6-8-27-24(33)22(18)23(31-21)30-20-4-2-17(3-5-20)7-9-32-10-12-34-13-11-32/h2-6,8,14-16H,7,9-13H2,1H3,(H,27,33)(H,30,31)(H,26,28,29). The van der Waals surface area contributed by atoms with E-state index in [2.05, 4.69) is 42.6 Å². The van der Waals surface area contributed by atoms with E-state index < -0.39 is 0 Å². The molecule has 5 rings (SSSR count). The van der Waals surface area contributed by atoms with E-state index in [1.54, 1.807) is 25.6 Å². The summed E-state index contributed by atoms with van der Waals surface area (Å²) in [5.41, 5.74) is 3.39. The molecule has 1 fully saturated rings. The van der Waals surface area contributed by atoms with Crippen LogP contribution in [0.5, 0.6) is 0 Å². The van der Waals surface area contributed by atoms with Gasteiger partial charge < -0.3 is 20.4 Å². The second kappa shape index (κ2) is 9.98. The van der Waals surface area contributed by atoms with Gasteiger partial charge in [-0.25, -0.2) is 15.0 Å². The second-order valence-electron chi connectivity index (χ2n) is 8.20. The van der Waals surface area contributed by atoms with Crippen molar-refractivity contribution in [2.45, 2.75) is 6.42 Å². The van der Waals surface area contributed by atoms with E-state index in [9.17, 15) is 4.79 Å². The maximum atomic E-state index is 12.6. The average Bonchev–Trinajstić information content (AvgIpc) is 2.89. The van der Waals surface area contributed by atoms with Crippen molar-refractivity contribution in [3.8, 4) is 11.3 Å². The largest absolute Gasteiger partial charge is 0.379 e. The molecule has 0 aliphatic carbocycles. The van der Waals surface area contributed by atoms with Crippen molar-refractivity contribution < 1.29 is 4.74 Å². The zero-order valence-electron chi connectivity index (χ0n) is 19.0. The molecule has 0 spiro atoms. The van der Waals surface area contributed by atoms with Gasteiger partial charge in [-0.05, 0) is 41.6 Å². The summed E-state index contributed by atoms with van der Waals surface area (Å²) >= 11 is 0. The van der Waals surface area contributed by atoms with Crippen molar-refractivity contribution in [3.63, 3.8) is 0 Å². The summed E-state index contributed by atoms with van der Waals surface area (Å²) in [6.45, 7) is 4.63. The van der Waals surface area contributed by atoms with Crippen LogP contribution in [0.2, 0.25) is 0 Å². The van der Waals surface area contributed by atoms with E-state index >= 15 is 0 Å². The van der Waals surface area contributed by atoms with Crippen LogP contribution < -0.4 is 16.2 Å². The topological polar surface area (TPSA) is 108 Å². The number of hydrogen-bond acceptors (Lipinski definition) is 8. The normalized spacial score (nSPS) is 14.3. The quantitative estimate of drug-likeness (QED) is 0.389. The Hall–Kier alpha value is -3.82. The molecular formula is C25H27N7O2. The number of hydrogen-bond donors (Lipinski definition) is 3. The van der Waals surface area contributed by atoms with Crippen molar-refractivity contribution >= 4 is 28.2 Å². The molecule has 0 amide bonds. The molecule has 9 heteroatoms. The Kier molecular flexibility index (Phi) is 6.46. The maximum Gasteiger partial charge on any atom is 0.259 e. The lowest BCUT2D eigenvalue weighted by Crippen LogP contribution is -2.37. The minimum absolute atomic E-state index is 0.192. The highest BCUT2D eigenvalue weighted by Crippen LogP contribution is 2.27. The fourth-order valence-corrected chi connectivity index (χ4v) is 4.05. The number of benzene rings is 1. The molecule has 1 aromatic carbocycles. The van der Waals surface area contributed by atoms with Crippen molar-refractivity contribution in [2.24, 2.45) is 0 Å². The first kappa shape index (κ1) is 22.0. The number of fused-ring (bicyclic) bond motifs is 1. The number of ether oxygens (including phenoxy) is 1. The van der Waals surface area contributed by atoms with Crippen LogP contribution >= 0.6 is 0 Å². The van der Waals surface area contributed by atoms with E-state index in [0.717, 1.165) is 55.9 Å². The third kappa shape index (κ3) is 4.90. The number of aromatic nitrogens is 4. The minimum atomic E-state index is -0.192. The van der Waals surface area contributed by atoms with Crippen LogP contribution in [0.3, 0.4) is 0 Å². The van der Waals surface area contributed by atoms with Gasteiger partial charge in [-0.1, -0.05) is 12.1 Å². The number of morpholine rings is 1. The van der Waals surface area contributed by atoms with Gasteiger partial charge in [0.1, 0.15) is 5.82 Å². The van der Waals surface area contributed by atoms with Gasteiger partial charge in [0.2, 0.25) is 5.95 Å². The first-order valence-corrected chi connectivity index (χ1v) is 11.4. The molecule has 174 valence electrons. The van der Waals surface area contributed by atoms with Crippen LogP contribution in [0.15, 0.2) is 59.8 Å². The number of nitrogens with one attached hydrogen (secondary N) is 3. The highest BCUT2D eigenvalue weighted by atomic mass is 16.5. The molecule has 4 aromatic rings. The van der Waals surface area contributed by atoms with Gasteiger partial charge in [0.25, 0.3) is 5.56 Å². The molecule has 0 saturated carbocycles. The Labute approximate surface area is 197 Å². The lowest BCUT2D eigenvalue weighted by Gasteiger charge is -2.26. The smallest absolute Gasteiger partial charge is 0.259 e. The average molecular weight is 458 g/mol. The van der Waals surface area contributed by atoms with Crippen LogP contribution in [0, 0.1) is 0 Å². The van der Waals surface area contributed by atoms with Crippen LogP contribution in [-0.4, -0.2) is 64.7 Å². The van der Waals surface area contributed by atoms with Crippen molar-refractivity contribution in [3.05, 3.63) is 70.9 Å². The van der Waals surface area contributed by atoms with E-state index in [0.29, 0.717) is 22.8 Å². The van der Waals surface area contributed by atoms with Gasteiger partial charge in [0.05, 0.1) is 24.3 Å². The zero-order chi connectivity index (χ0) is 23.3. The predicted octanol–water partition coefficient (Wildman–Crippen LogP) is 3.04. The molecule has 0 unspecified atom stereocenters. The monoisotopic (exact) mass is 457 g/mol. The minimum Gasteiger partial charge on any atom is -0.379 e. The third-order valence-electron chi connectivity index (χ3n) is 5.96. The molecule has 1 aliphatic rings. The number of anilines is 3. The van der Waals surface area contributed by atoms with E-state index in [1.807, 2.05) is 24.3 Å². The Balaban J connectivity index is 1.40. The molecule has 1 saturated heterocycles. The first-order valence-electron chi connectivity index (χ1n) is 11.4. The molecular weight excluding hydrogens is 430 g/mol. The highest BCUT2D eigenvalue weighted by Gasteiger charge is 2.13. The van der Waals surface area contributed by atoms with Gasteiger partial charge in [0, 0.05) is 56.5 Å².